The van der Waals surface area contributed by atoms with Crippen molar-refractivity contribution in [2.24, 2.45) is 0 Å². The number of benzene rings is 1. The Kier molecular flexibility index (Phi) is 3.91. The molecule has 0 aliphatic carbocycles. The third kappa shape index (κ3) is 2.59. The van der Waals surface area contributed by atoms with Gasteiger partial charge in [-0.15, -0.1) is 0 Å². The van der Waals surface area contributed by atoms with Gasteiger partial charge in [0, 0.05) is 12.0 Å². The second kappa shape index (κ2) is 4.98. The SMILES string of the molecule is COc1c(F)ccc(CC(C)O)c1OC. The summed E-state index contributed by atoms with van der Waals surface area (Å²) in [4.78, 5) is 0. The fourth-order valence-electron chi connectivity index (χ4n) is 1.47. The molecule has 0 aromatic heterocycles. The molecule has 3 nitrogen and oxygen atoms in total. The van der Waals surface area contributed by atoms with Gasteiger partial charge in [0.05, 0.1) is 20.3 Å². The van der Waals surface area contributed by atoms with Crippen molar-refractivity contribution in [1.29, 1.82) is 0 Å². The second-order valence-electron chi connectivity index (χ2n) is 3.33. The van der Waals surface area contributed by atoms with Gasteiger partial charge in [-0.25, -0.2) is 4.39 Å². The van der Waals surface area contributed by atoms with E-state index in [1.54, 1.807) is 13.0 Å². The second-order valence-corrected chi connectivity index (χ2v) is 3.33. The summed E-state index contributed by atoms with van der Waals surface area (Å²) in [6.45, 7) is 1.66. The first-order valence-corrected chi connectivity index (χ1v) is 4.67. The van der Waals surface area contributed by atoms with Crippen LogP contribution >= 0.6 is 0 Å². The molecule has 0 aliphatic heterocycles. The maximum absolute atomic E-state index is 13.3. The molecule has 15 heavy (non-hydrogen) atoms. The van der Waals surface area contributed by atoms with Crippen LogP contribution < -0.4 is 9.47 Å². The summed E-state index contributed by atoms with van der Waals surface area (Å²) in [5.41, 5.74) is 0.728. The van der Waals surface area contributed by atoms with Gasteiger partial charge >= 0.3 is 0 Å². The van der Waals surface area contributed by atoms with Gasteiger partial charge in [0.2, 0.25) is 0 Å². The highest BCUT2D eigenvalue weighted by atomic mass is 19.1. The van der Waals surface area contributed by atoms with E-state index in [0.29, 0.717) is 12.2 Å². The molecule has 1 aromatic carbocycles. The molecular formula is C11H15FO3. The van der Waals surface area contributed by atoms with Crippen LogP contribution in [-0.4, -0.2) is 25.4 Å². The van der Waals surface area contributed by atoms with Crippen LogP contribution in [-0.2, 0) is 6.42 Å². The lowest BCUT2D eigenvalue weighted by atomic mass is 10.1. The van der Waals surface area contributed by atoms with Gasteiger partial charge < -0.3 is 14.6 Å². The minimum absolute atomic E-state index is 0.0793. The quantitative estimate of drug-likeness (QED) is 0.830. The highest BCUT2D eigenvalue weighted by Crippen LogP contribution is 2.34. The number of hydrogen-bond acceptors (Lipinski definition) is 3. The summed E-state index contributed by atoms with van der Waals surface area (Å²) >= 11 is 0. The Hall–Kier alpha value is -1.29. The fourth-order valence-corrected chi connectivity index (χ4v) is 1.47. The number of halogens is 1. The molecular weight excluding hydrogens is 199 g/mol. The topological polar surface area (TPSA) is 38.7 Å². The molecule has 1 rings (SSSR count). The monoisotopic (exact) mass is 214 g/mol. The van der Waals surface area contributed by atoms with Crippen LogP contribution in [0.5, 0.6) is 11.5 Å². The summed E-state index contributed by atoms with van der Waals surface area (Å²) in [6, 6.07) is 2.89. The average molecular weight is 214 g/mol. The molecule has 0 aliphatic rings. The zero-order valence-electron chi connectivity index (χ0n) is 9.08. The molecule has 1 N–H and O–H groups in total. The van der Waals surface area contributed by atoms with E-state index in [0.717, 1.165) is 5.56 Å². The number of aliphatic hydroxyl groups excluding tert-OH is 1. The molecule has 0 saturated heterocycles. The molecule has 84 valence electrons. The molecule has 0 radical (unpaired) electrons. The highest BCUT2D eigenvalue weighted by molar-refractivity contribution is 5.47. The van der Waals surface area contributed by atoms with Crippen LogP contribution in [0.3, 0.4) is 0 Å². The zero-order chi connectivity index (χ0) is 11.4. The van der Waals surface area contributed by atoms with Gasteiger partial charge in [0.25, 0.3) is 0 Å². The summed E-state index contributed by atoms with van der Waals surface area (Å²) in [7, 11) is 2.83. The Morgan fingerprint density at radius 3 is 2.33 bits per heavy atom. The Morgan fingerprint density at radius 2 is 1.87 bits per heavy atom. The number of rotatable bonds is 4. The molecule has 4 heteroatoms. The summed E-state index contributed by atoms with van der Waals surface area (Å²) < 4.78 is 23.3. The lowest BCUT2D eigenvalue weighted by Gasteiger charge is -2.14. The first-order valence-electron chi connectivity index (χ1n) is 4.67. The maximum Gasteiger partial charge on any atom is 0.197 e. The van der Waals surface area contributed by atoms with E-state index in [2.05, 4.69) is 0 Å². The smallest absolute Gasteiger partial charge is 0.197 e. The fraction of sp³-hybridized carbons (Fsp3) is 0.455. The van der Waals surface area contributed by atoms with Crippen molar-refractivity contribution in [1.82, 2.24) is 0 Å². The van der Waals surface area contributed by atoms with Crippen LogP contribution in [0.1, 0.15) is 12.5 Å². The number of methoxy groups -OCH3 is 2. The van der Waals surface area contributed by atoms with Crippen molar-refractivity contribution in [3.05, 3.63) is 23.5 Å². The number of ether oxygens (including phenoxy) is 2. The van der Waals surface area contributed by atoms with E-state index in [-0.39, 0.29) is 5.75 Å². The molecule has 0 amide bonds. The van der Waals surface area contributed by atoms with Gasteiger partial charge in [-0.1, -0.05) is 6.07 Å². The average Bonchev–Trinajstić information content (AvgIpc) is 2.19. The van der Waals surface area contributed by atoms with E-state index in [1.807, 2.05) is 0 Å². The molecule has 0 bridgehead atoms. The normalized spacial score (nSPS) is 12.3. The summed E-state index contributed by atoms with van der Waals surface area (Å²) in [5.74, 6) is -0.0438. The highest BCUT2D eigenvalue weighted by Gasteiger charge is 2.15. The Balaban J connectivity index is 3.16. The lowest BCUT2D eigenvalue weighted by Crippen LogP contribution is -2.07. The molecule has 0 saturated carbocycles. The zero-order valence-corrected chi connectivity index (χ0v) is 9.08. The maximum atomic E-state index is 13.3. The van der Waals surface area contributed by atoms with E-state index in [9.17, 15) is 9.50 Å². The van der Waals surface area contributed by atoms with Crippen LogP contribution in [0.4, 0.5) is 4.39 Å². The van der Waals surface area contributed by atoms with Gasteiger partial charge in [0.15, 0.2) is 17.3 Å². The minimum atomic E-state index is -0.505. The molecule has 0 fully saturated rings. The molecule has 0 heterocycles. The van der Waals surface area contributed by atoms with Gasteiger partial charge in [-0.3, -0.25) is 0 Å². The van der Waals surface area contributed by atoms with Crippen molar-refractivity contribution in [2.75, 3.05) is 14.2 Å². The van der Waals surface area contributed by atoms with Crippen LogP contribution in [0.25, 0.3) is 0 Å². The molecule has 1 unspecified atom stereocenters. The van der Waals surface area contributed by atoms with Crippen molar-refractivity contribution < 1.29 is 19.0 Å². The van der Waals surface area contributed by atoms with Gasteiger partial charge in [0.1, 0.15) is 0 Å². The molecule has 1 aromatic rings. The van der Waals surface area contributed by atoms with Crippen molar-refractivity contribution in [3.63, 3.8) is 0 Å². The first-order chi connectivity index (χ1) is 7.10. The van der Waals surface area contributed by atoms with Crippen molar-refractivity contribution in [2.45, 2.75) is 19.4 Å². The van der Waals surface area contributed by atoms with Gasteiger partial charge in [-0.05, 0) is 13.0 Å². The summed E-state index contributed by atoms with van der Waals surface area (Å²) in [6.07, 6.45) is -0.103. The third-order valence-electron chi connectivity index (χ3n) is 2.07. The Morgan fingerprint density at radius 1 is 1.27 bits per heavy atom. The number of hydrogen-bond donors (Lipinski definition) is 1. The first kappa shape index (κ1) is 11.8. The van der Waals surface area contributed by atoms with E-state index >= 15 is 0 Å². The van der Waals surface area contributed by atoms with Crippen LogP contribution in [0.2, 0.25) is 0 Å². The van der Waals surface area contributed by atoms with Crippen LogP contribution in [0.15, 0.2) is 12.1 Å². The predicted octanol–water partition coefficient (Wildman–Crippen LogP) is 1.77. The minimum Gasteiger partial charge on any atom is -0.492 e. The van der Waals surface area contributed by atoms with Gasteiger partial charge in [-0.2, -0.15) is 0 Å². The molecule has 0 spiro atoms. The third-order valence-corrected chi connectivity index (χ3v) is 2.07. The molecule has 1 atom stereocenters. The lowest BCUT2D eigenvalue weighted by molar-refractivity contribution is 0.193. The van der Waals surface area contributed by atoms with Crippen LogP contribution in [0, 0.1) is 5.82 Å². The van der Waals surface area contributed by atoms with E-state index in [1.165, 1.54) is 20.3 Å². The van der Waals surface area contributed by atoms with E-state index in [4.69, 9.17) is 9.47 Å². The number of aliphatic hydroxyl groups is 1. The standard InChI is InChI=1S/C11H15FO3/c1-7(13)6-8-4-5-9(12)11(15-3)10(8)14-2/h4-5,7,13H,6H2,1-3H3. The Labute approximate surface area is 88.4 Å². The predicted molar refractivity (Wildman–Crippen MR) is 54.9 cm³/mol. The van der Waals surface area contributed by atoms with E-state index < -0.39 is 11.9 Å². The van der Waals surface area contributed by atoms with Crippen molar-refractivity contribution in [3.8, 4) is 11.5 Å². The largest absolute Gasteiger partial charge is 0.492 e. The van der Waals surface area contributed by atoms with Crippen molar-refractivity contribution >= 4 is 0 Å². The Bertz CT molecular complexity index is 337. The summed E-state index contributed by atoms with van der Waals surface area (Å²) in [5, 5.41) is 9.27.